The molecule has 0 bridgehead atoms. The van der Waals surface area contributed by atoms with Gasteiger partial charge >= 0.3 is 5.97 Å². The number of hydrogen-bond acceptors (Lipinski definition) is 2. The van der Waals surface area contributed by atoms with Crippen LogP contribution in [-0.4, -0.2) is 16.1 Å². The van der Waals surface area contributed by atoms with Gasteiger partial charge in [0.25, 0.3) is 0 Å². The number of hydrogen-bond donors (Lipinski definition) is 1. The summed E-state index contributed by atoms with van der Waals surface area (Å²) in [5, 5.41) is 9.90. The van der Waals surface area contributed by atoms with E-state index in [4.69, 9.17) is 11.6 Å². The van der Waals surface area contributed by atoms with Crippen molar-refractivity contribution in [1.29, 1.82) is 0 Å². The molecule has 28 heavy (non-hydrogen) atoms. The molecule has 3 nitrogen and oxygen atoms in total. The van der Waals surface area contributed by atoms with Crippen molar-refractivity contribution in [3.05, 3.63) is 87.7 Å². The quantitative estimate of drug-likeness (QED) is 0.562. The summed E-state index contributed by atoms with van der Waals surface area (Å²) in [5.41, 5.74) is 2.15. The minimum Gasteiger partial charge on any atom is -0.478 e. The summed E-state index contributed by atoms with van der Waals surface area (Å²) in [6, 6.07) is 11.6. The largest absolute Gasteiger partial charge is 0.478 e. The van der Waals surface area contributed by atoms with Crippen molar-refractivity contribution >= 4 is 17.6 Å². The van der Waals surface area contributed by atoms with Crippen LogP contribution in [0.3, 0.4) is 0 Å². The number of nitrogens with zero attached hydrogens (tertiary/aromatic N) is 1. The standard InChI is InChI=1S/C22H18ClF2NO2/c1-12(2)21-16(15-5-3-4-6-19(15)25)11-17(22(27)28)20(26-21)9-13-7-8-14(24)10-18(13)23/h3-8,10-12H,9H2,1-2H3,(H,27,28). The Hall–Kier alpha value is -2.79. The van der Waals surface area contributed by atoms with Crippen LogP contribution < -0.4 is 0 Å². The topological polar surface area (TPSA) is 50.2 Å². The Balaban J connectivity index is 2.19. The fraction of sp³-hybridized carbons (Fsp3) is 0.182. The summed E-state index contributed by atoms with van der Waals surface area (Å²) >= 11 is 6.10. The molecular formula is C22H18ClF2NO2. The first-order valence-corrected chi connectivity index (χ1v) is 9.11. The normalized spacial score (nSPS) is 11.1. The molecule has 0 radical (unpaired) electrons. The van der Waals surface area contributed by atoms with Crippen LogP contribution in [0.15, 0.2) is 48.5 Å². The average molecular weight is 402 g/mol. The number of carboxylic acid groups (broad SMARTS) is 1. The summed E-state index contributed by atoms with van der Waals surface area (Å²) in [5.74, 6) is -2.16. The predicted octanol–water partition coefficient (Wildman–Crippen LogP) is 6.09. The predicted molar refractivity (Wildman–Crippen MR) is 105 cm³/mol. The Morgan fingerprint density at radius 2 is 1.82 bits per heavy atom. The molecule has 0 unspecified atom stereocenters. The second kappa shape index (κ2) is 8.07. The Morgan fingerprint density at radius 1 is 1.11 bits per heavy atom. The molecule has 0 aliphatic carbocycles. The summed E-state index contributed by atoms with van der Waals surface area (Å²) in [7, 11) is 0. The molecule has 0 fully saturated rings. The highest BCUT2D eigenvalue weighted by Crippen LogP contribution is 2.33. The highest BCUT2D eigenvalue weighted by Gasteiger charge is 2.21. The minimum absolute atomic E-state index is 0.0388. The van der Waals surface area contributed by atoms with Crippen molar-refractivity contribution in [2.24, 2.45) is 0 Å². The van der Waals surface area contributed by atoms with Crippen molar-refractivity contribution in [2.75, 3.05) is 0 Å². The molecule has 0 aliphatic rings. The fourth-order valence-electron chi connectivity index (χ4n) is 3.07. The molecule has 0 aliphatic heterocycles. The van der Waals surface area contributed by atoms with Gasteiger partial charge in [-0.1, -0.05) is 49.7 Å². The van der Waals surface area contributed by atoms with Crippen molar-refractivity contribution < 1.29 is 18.7 Å². The van der Waals surface area contributed by atoms with Crippen LogP contribution in [0.25, 0.3) is 11.1 Å². The Morgan fingerprint density at radius 3 is 2.43 bits per heavy atom. The molecule has 1 heterocycles. The van der Waals surface area contributed by atoms with Gasteiger partial charge in [-0.3, -0.25) is 4.98 Å². The lowest BCUT2D eigenvalue weighted by molar-refractivity contribution is 0.0695. The number of pyridine rings is 1. The van der Waals surface area contributed by atoms with E-state index in [9.17, 15) is 18.7 Å². The van der Waals surface area contributed by atoms with E-state index in [1.807, 2.05) is 13.8 Å². The zero-order valence-corrected chi connectivity index (χ0v) is 16.1. The second-order valence-corrected chi connectivity index (χ2v) is 7.17. The average Bonchev–Trinajstić information content (AvgIpc) is 2.64. The van der Waals surface area contributed by atoms with Crippen molar-refractivity contribution in [1.82, 2.24) is 4.98 Å². The van der Waals surface area contributed by atoms with Gasteiger partial charge in [0, 0.05) is 22.6 Å². The first-order chi connectivity index (χ1) is 13.3. The number of benzene rings is 2. The van der Waals surface area contributed by atoms with Gasteiger partial charge in [0.1, 0.15) is 11.6 Å². The van der Waals surface area contributed by atoms with Gasteiger partial charge in [-0.05, 0) is 35.7 Å². The maximum absolute atomic E-state index is 14.4. The highest BCUT2D eigenvalue weighted by molar-refractivity contribution is 6.31. The number of aromatic carboxylic acids is 1. The van der Waals surface area contributed by atoms with Crippen LogP contribution >= 0.6 is 11.6 Å². The van der Waals surface area contributed by atoms with E-state index in [2.05, 4.69) is 4.98 Å². The summed E-state index contributed by atoms with van der Waals surface area (Å²) in [6.45, 7) is 3.81. The maximum Gasteiger partial charge on any atom is 0.337 e. The summed E-state index contributed by atoms with van der Waals surface area (Å²) < 4.78 is 27.7. The van der Waals surface area contributed by atoms with Crippen LogP contribution in [0.1, 0.15) is 47.1 Å². The van der Waals surface area contributed by atoms with Gasteiger partial charge in [-0.15, -0.1) is 0 Å². The zero-order valence-electron chi connectivity index (χ0n) is 15.3. The lowest BCUT2D eigenvalue weighted by Gasteiger charge is -2.17. The number of rotatable bonds is 5. The maximum atomic E-state index is 14.4. The zero-order chi connectivity index (χ0) is 20.4. The Bertz CT molecular complexity index is 1050. The smallest absolute Gasteiger partial charge is 0.337 e. The third-order valence-electron chi connectivity index (χ3n) is 4.45. The first-order valence-electron chi connectivity index (χ1n) is 8.74. The van der Waals surface area contributed by atoms with E-state index in [-0.39, 0.29) is 22.9 Å². The van der Waals surface area contributed by atoms with E-state index >= 15 is 0 Å². The lowest BCUT2D eigenvalue weighted by Crippen LogP contribution is -2.11. The molecule has 6 heteroatoms. The van der Waals surface area contributed by atoms with Crippen molar-refractivity contribution in [3.63, 3.8) is 0 Å². The molecule has 1 aromatic heterocycles. The number of aromatic nitrogens is 1. The van der Waals surface area contributed by atoms with E-state index in [0.29, 0.717) is 28.1 Å². The van der Waals surface area contributed by atoms with Crippen molar-refractivity contribution in [2.45, 2.75) is 26.2 Å². The fourth-order valence-corrected chi connectivity index (χ4v) is 3.30. The molecule has 3 rings (SSSR count). The molecule has 3 aromatic rings. The van der Waals surface area contributed by atoms with Gasteiger partial charge in [-0.2, -0.15) is 0 Å². The van der Waals surface area contributed by atoms with Crippen molar-refractivity contribution in [3.8, 4) is 11.1 Å². The summed E-state index contributed by atoms with van der Waals surface area (Å²) in [4.78, 5) is 16.4. The molecule has 0 spiro atoms. The Labute approximate surface area is 166 Å². The van der Waals surface area contributed by atoms with E-state index in [0.717, 1.165) is 0 Å². The molecule has 0 atom stereocenters. The third-order valence-corrected chi connectivity index (χ3v) is 4.80. The second-order valence-electron chi connectivity index (χ2n) is 6.77. The van der Waals surface area contributed by atoms with Gasteiger partial charge in [0.15, 0.2) is 0 Å². The minimum atomic E-state index is -1.17. The van der Waals surface area contributed by atoms with Crippen LogP contribution in [-0.2, 0) is 6.42 Å². The van der Waals surface area contributed by atoms with Gasteiger partial charge in [0.05, 0.1) is 17.0 Å². The summed E-state index contributed by atoms with van der Waals surface area (Å²) in [6.07, 6.45) is 0.123. The molecule has 1 N–H and O–H groups in total. The van der Waals surface area contributed by atoms with Crippen LogP contribution in [0.5, 0.6) is 0 Å². The molecule has 2 aromatic carbocycles. The highest BCUT2D eigenvalue weighted by atomic mass is 35.5. The van der Waals surface area contributed by atoms with Crippen LogP contribution in [0.2, 0.25) is 5.02 Å². The Kier molecular flexibility index (Phi) is 5.75. The monoisotopic (exact) mass is 401 g/mol. The molecule has 0 amide bonds. The molecule has 0 saturated carbocycles. The van der Waals surface area contributed by atoms with Gasteiger partial charge in [-0.25, -0.2) is 13.6 Å². The number of carbonyl (C=O) groups is 1. The third kappa shape index (κ3) is 4.04. The van der Waals surface area contributed by atoms with E-state index in [1.54, 1.807) is 18.2 Å². The van der Waals surface area contributed by atoms with E-state index < -0.39 is 17.6 Å². The lowest BCUT2D eigenvalue weighted by atomic mass is 9.93. The number of carboxylic acids is 1. The van der Waals surface area contributed by atoms with Gasteiger partial charge < -0.3 is 5.11 Å². The SMILES string of the molecule is CC(C)c1nc(Cc2ccc(F)cc2Cl)c(C(=O)O)cc1-c1ccccc1F. The number of halogens is 3. The molecule has 0 saturated heterocycles. The first kappa shape index (κ1) is 20.0. The molecule has 144 valence electrons. The van der Waals surface area contributed by atoms with Crippen LogP contribution in [0, 0.1) is 11.6 Å². The van der Waals surface area contributed by atoms with Gasteiger partial charge in [0.2, 0.25) is 0 Å². The molecular weight excluding hydrogens is 384 g/mol. The van der Waals surface area contributed by atoms with Crippen LogP contribution in [0.4, 0.5) is 8.78 Å². The van der Waals surface area contributed by atoms with E-state index in [1.165, 1.54) is 30.3 Å².